The molecule has 0 radical (unpaired) electrons. The first-order valence-electron chi connectivity index (χ1n) is 4.98. The van der Waals surface area contributed by atoms with Crippen molar-refractivity contribution in [2.24, 2.45) is 0 Å². The lowest BCUT2D eigenvalue weighted by atomic mass is 10.1. The van der Waals surface area contributed by atoms with E-state index < -0.39 is 18.3 Å². The Morgan fingerprint density at radius 2 is 2.00 bits per heavy atom. The molecule has 1 amide bonds. The summed E-state index contributed by atoms with van der Waals surface area (Å²) in [6, 6.07) is 3.36. The molecular weight excluding hydrogens is 226 g/mol. The molecule has 6 nitrogen and oxygen atoms in total. The van der Waals surface area contributed by atoms with Gasteiger partial charge in [0.2, 0.25) is 12.7 Å². The number of carbonyl (C=O) groups is 2. The number of carbonyl (C=O) groups excluding carboxylic acids is 1. The predicted molar refractivity (Wildman–Crippen MR) is 58.2 cm³/mol. The van der Waals surface area contributed by atoms with Crippen LogP contribution in [0.5, 0.6) is 11.5 Å². The number of fused-ring (bicyclic) bond motifs is 1. The summed E-state index contributed by atoms with van der Waals surface area (Å²) in [6.07, 6.45) is -0.562. The van der Waals surface area contributed by atoms with E-state index in [4.69, 9.17) is 14.6 Å². The summed E-state index contributed by atoms with van der Waals surface area (Å²) < 4.78 is 10.3. The molecule has 0 unspecified atom stereocenters. The van der Waals surface area contributed by atoms with Gasteiger partial charge in [0.25, 0.3) is 0 Å². The number of hydrogen-bond donors (Lipinski definition) is 2. The van der Waals surface area contributed by atoms with Crippen molar-refractivity contribution in [3.05, 3.63) is 17.7 Å². The molecule has 2 N–H and O–H groups in total. The minimum absolute atomic E-state index is 0.154. The Morgan fingerprint density at radius 3 is 2.65 bits per heavy atom. The fourth-order valence-electron chi connectivity index (χ4n) is 1.51. The molecule has 1 aliphatic rings. The van der Waals surface area contributed by atoms with E-state index in [1.807, 2.05) is 0 Å². The van der Waals surface area contributed by atoms with Crippen LogP contribution in [0.3, 0.4) is 0 Å². The Hall–Kier alpha value is -2.24. The van der Waals surface area contributed by atoms with Gasteiger partial charge in [0, 0.05) is 11.8 Å². The number of carboxylic acids is 1. The molecule has 0 aliphatic carbocycles. The Kier molecular flexibility index (Phi) is 2.86. The van der Waals surface area contributed by atoms with E-state index in [2.05, 4.69) is 5.32 Å². The van der Waals surface area contributed by atoms with Crippen molar-refractivity contribution >= 4 is 17.6 Å². The Bertz CT molecular complexity index is 483. The van der Waals surface area contributed by atoms with Crippen LogP contribution in [0.15, 0.2) is 12.1 Å². The van der Waals surface area contributed by atoms with Crippen LogP contribution in [-0.2, 0) is 9.59 Å². The first-order chi connectivity index (χ1) is 8.06. The van der Waals surface area contributed by atoms with Gasteiger partial charge < -0.3 is 19.9 Å². The minimum Gasteiger partial charge on any atom is -0.481 e. The van der Waals surface area contributed by atoms with Gasteiger partial charge in [0.05, 0.1) is 0 Å². The highest BCUT2D eigenvalue weighted by molar-refractivity contribution is 6.01. The third-order valence-electron chi connectivity index (χ3n) is 2.31. The molecule has 1 aromatic carbocycles. The highest BCUT2D eigenvalue weighted by atomic mass is 16.7. The van der Waals surface area contributed by atoms with Gasteiger partial charge in [0.1, 0.15) is 6.42 Å². The van der Waals surface area contributed by atoms with Gasteiger partial charge in [-0.15, -0.1) is 0 Å². The second-order valence-corrected chi connectivity index (χ2v) is 3.64. The first kappa shape index (κ1) is 11.3. The molecule has 0 saturated heterocycles. The molecule has 0 fully saturated rings. The molecule has 90 valence electrons. The topological polar surface area (TPSA) is 84.9 Å². The maximum atomic E-state index is 11.3. The molecule has 0 aromatic heterocycles. The fourth-order valence-corrected chi connectivity index (χ4v) is 1.51. The summed E-state index contributed by atoms with van der Waals surface area (Å²) in [6.45, 7) is 1.94. The van der Waals surface area contributed by atoms with Crippen molar-refractivity contribution < 1.29 is 24.2 Å². The predicted octanol–water partition coefficient (Wildman–Crippen LogP) is 1.14. The van der Waals surface area contributed by atoms with Gasteiger partial charge in [-0.1, -0.05) is 0 Å². The quantitative estimate of drug-likeness (QED) is 0.770. The van der Waals surface area contributed by atoms with Gasteiger partial charge in [-0.25, -0.2) is 0 Å². The number of anilines is 1. The molecule has 1 aliphatic heterocycles. The van der Waals surface area contributed by atoms with Crippen molar-refractivity contribution in [1.29, 1.82) is 0 Å². The molecular formula is C11H11NO5. The highest BCUT2D eigenvalue weighted by Gasteiger charge is 2.17. The largest absolute Gasteiger partial charge is 0.481 e. The first-order valence-corrected chi connectivity index (χ1v) is 4.98. The Morgan fingerprint density at radius 1 is 1.35 bits per heavy atom. The molecule has 0 bridgehead atoms. The second-order valence-electron chi connectivity index (χ2n) is 3.64. The molecule has 0 spiro atoms. The zero-order valence-corrected chi connectivity index (χ0v) is 9.15. The van der Waals surface area contributed by atoms with E-state index in [1.165, 1.54) is 0 Å². The smallest absolute Gasteiger partial charge is 0.312 e. The standard InChI is InChI=1S/C11H11NO5/c1-6-2-8-9(17-5-16-8)3-7(6)12-10(13)4-11(14)15/h2-3H,4-5H2,1H3,(H,12,13)(H,14,15). The maximum Gasteiger partial charge on any atom is 0.312 e. The Labute approximate surface area is 97.1 Å². The third kappa shape index (κ3) is 2.47. The number of rotatable bonds is 3. The van der Waals surface area contributed by atoms with Gasteiger partial charge >= 0.3 is 5.97 Å². The van der Waals surface area contributed by atoms with Crippen LogP contribution in [0.1, 0.15) is 12.0 Å². The molecule has 1 aromatic rings. The Balaban J connectivity index is 2.16. The van der Waals surface area contributed by atoms with Gasteiger partial charge in [-0.3, -0.25) is 9.59 Å². The molecule has 1 heterocycles. The number of aryl methyl sites for hydroxylation is 1. The summed E-state index contributed by atoms with van der Waals surface area (Å²) in [5.74, 6) is -0.569. The van der Waals surface area contributed by atoms with Crippen molar-refractivity contribution in [3.8, 4) is 11.5 Å². The number of nitrogens with one attached hydrogen (secondary N) is 1. The van der Waals surface area contributed by atoms with Crippen LogP contribution in [0, 0.1) is 6.92 Å². The second kappa shape index (κ2) is 4.32. The number of aliphatic carboxylic acids is 1. The number of carboxylic acid groups (broad SMARTS) is 1. The van der Waals surface area contributed by atoms with Crippen LogP contribution in [0.25, 0.3) is 0 Å². The summed E-state index contributed by atoms with van der Waals surface area (Å²) >= 11 is 0. The van der Waals surface area contributed by atoms with Crippen molar-refractivity contribution in [2.75, 3.05) is 12.1 Å². The molecule has 6 heteroatoms. The van der Waals surface area contributed by atoms with E-state index in [0.29, 0.717) is 17.2 Å². The average Bonchev–Trinajstić information content (AvgIpc) is 2.63. The molecule has 2 rings (SSSR count). The zero-order chi connectivity index (χ0) is 12.4. The SMILES string of the molecule is Cc1cc2c(cc1NC(=O)CC(=O)O)OCO2. The summed E-state index contributed by atoms with van der Waals surface area (Å²) in [7, 11) is 0. The zero-order valence-electron chi connectivity index (χ0n) is 9.15. The fraction of sp³-hybridized carbons (Fsp3) is 0.273. The highest BCUT2D eigenvalue weighted by Crippen LogP contribution is 2.36. The molecule has 17 heavy (non-hydrogen) atoms. The lowest BCUT2D eigenvalue weighted by molar-refractivity contribution is -0.139. The number of benzene rings is 1. The molecule has 0 atom stereocenters. The van der Waals surface area contributed by atoms with Crippen LogP contribution in [-0.4, -0.2) is 23.8 Å². The van der Waals surface area contributed by atoms with Gasteiger partial charge in [-0.2, -0.15) is 0 Å². The van der Waals surface area contributed by atoms with Crippen LogP contribution in [0.2, 0.25) is 0 Å². The minimum atomic E-state index is -1.17. The van der Waals surface area contributed by atoms with Crippen molar-refractivity contribution in [2.45, 2.75) is 13.3 Å². The van der Waals surface area contributed by atoms with E-state index in [-0.39, 0.29) is 6.79 Å². The van der Waals surface area contributed by atoms with Crippen LogP contribution >= 0.6 is 0 Å². The number of amides is 1. The van der Waals surface area contributed by atoms with E-state index in [0.717, 1.165) is 5.56 Å². The maximum absolute atomic E-state index is 11.3. The van der Waals surface area contributed by atoms with Crippen LogP contribution in [0.4, 0.5) is 5.69 Å². The van der Waals surface area contributed by atoms with Gasteiger partial charge in [0.15, 0.2) is 11.5 Å². The monoisotopic (exact) mass is 237 g/mol. The lowest BCUT2D eigenvalue weighted by Crippen LogP contribution is -2.16. The third-order valence-corrected chi connectivity index (χ3v) is 2.31. The summed E-state index contributed by atoms with van der Waals surface area (Å²) in [4.78, 5) is 21.7. The van der Waals surface area contributed by atoms with Crippen LogP contribution < -0.4 is 14.8 Å². The van der Waals surface area contributed by atoms with E-state index >= 15 is 0 Å². The van der Waals surface area contributed by atoms with E-state index in [1.54, 1.807) is 19.1 Å². The average molecular weight is 237 g/mol. The molecule has 0 saturated carbocycles. The van der Waals surface area contributed by atoms with E-state index in [9.17, 15) is 9.59 Å². The number of hydrogen-bond acceptors (Lipinski definition) is 4. The van der Waals surface area contributed by atoms with Crippen molar-refractivity contribution in [3.63, 3.8) is 0 Å². The normalized spacial score (nSPS) is 12.3. The lowest BCUT2D eigenvalue weighted by Gasteiger charge is -2.08. The summed E-state index contributed by atoms with van der Waals surface area (Å²) in [5.41, 5.74) is 1.31. The summed E-state index contributed by atoms with van der Waals surface area (Å²) in [5, 5.41) is 11.0. The number of ether oxygens (including phenoxy) is 2. The van der Waals surface area contributed by atoms with Gasteiger partial charge in [-0.05, 0) is 18.6 Å². The van der Waals surface area contributed by atoms with Crippen molar-refractivity contribution in [1.82, 2.24) is 0 Å².